The van der Waals surface area contributed by atoms with Crippen LogP contribution in [0.15, 0.2) is 18.2 Å². The molecule has 1 fully saturated rings. The maximum absolute atomic E-state index is 12.6. The van der Waals surface area contributed by atoms with Gasteiger partial charge >= 0.3 is 0 Å². The average Bonchev–Trinajstić information content (AvgIpc) is 2.48. The van der Waals surface area contributed by atoms with E-state index in [2.05, 4.69) is 0 Å². The third-order valence-electron chi connectivity index (χ3n) is 3.81. The summed E-state index contributed by atoms with van der Waals surface area (Å²) in [6, 6.07) is 5.19. The molecule has 0 radical (unpaired) electrons. The molecule has 0 unspecified atom stereocenters. The summed E-state index contributed by atoms with van der Waals surface area (Å²) in [6.07, 6.45) is 5.50. The van der Waals surface area contributed by atoms with Gasteiger partial charge in [-0.2, -0.15) is 0 Å². The molecule has 0 spiro atoms. The first-order valence-electron chi connectivity index (χ1n) is 7.04. The first kappa shape index (κ1) is 15.6. The van der Waals surface area contributed by atoms with Crippen LogP contribution in [0.1, 0.15) is 42.5 Å². The molecule has 1 aliphatic carbocycles. The number of amides is 1. The molecule has 1 aromatic rings. The van der Waals surface area contributed by atoms with Gasteiger partial charge in [-0.3, -0.25) is 4.79 Å². The lowest BCUT2D eigenvalue weighted by molar-refractivity contribution is 0.0585. The number of benzene rings is 1. The van der Waals surface area contributed by atoms with Gasteiger partial charge in [0.05, 0.1) is 10.2 Å². The van der Waals surface area contributed by atoms with Gasteiger partial charge < -0.3 is 15.1 Å². The second-order valence-electron chi connectivity index (χ2n) is 5.18. The van der Waals surface area contributed by atoms with E-state index in [1.54, 1.807) is 17.0 Å². The Hall–Kier alpha value is -0.820. The topological polar surface area (TPSA) is 60.8 Å². The van der Waals surface area contributed by atoms with Gasteiger partial charge in [0.25, 0.3) is 5.91 Å². The molecule has 110 valence electrons. The summed E-state index contributed by atoms with van der Waals surface area (Å²) in [7, 11) is 0. The van der Waals surface area contributed by atoms with Crippen LogP contribution >= 0.6 is 22.6 Å². The maximum atomic E-state index is 12.6. The molecule has 0 heterocycles. The first-order valence-corrected chi connectivity index (χ1v) is 8.11. The highest BCUT2D eigenvalue weighted by molar-refractivity contribution is 14.1. The van der Waals surface area contributed by atoms with Gasteiger partial charge in [0.2, 0.25) is 0 Å². The Bertz CT molecular complexity index is 472. The van der Waals surface area contributed by atoms with Crippen LogP contribution in [0, 0.1) is 3.57 Å². The quantitative estimate of drug-likeness (QED) is 0.779. The van der Waals surface area contributed by atoms with E-state index in [1.165, 1.54) is 12.5 Å². The summed E-state index contributed by atoms with van der Waals surface area (Å²) in [6.45, 7) is 0.328. The zero-order chi connectivity index (χ0) is 14.5. The summed E-state index contributed by atoms with van der Waals surface area (Å²) in [5, 5.41) is 19.0. The van der Waals surface area contributed by atoms with Gasteiger partial charge in [0, 0.05) is 18.2 Å². The third-order valence-corrected chi connectivity index (χ3v) is 4.72. The summed E-state index contributed by atoms with van der Waals surface area (Å²) in [5.74, 6) is 0.0293. The number of nitrogens with zero attached hydrogens (tertiary/aromatic N) is 1. The third kappa shape index (κ3) is 3.63. The fourth-order valence-electron chi connectivity index (χ4n) is 2.76. The van der Waals surface area contributed by atoms with E-state index in [-0.39, 0.29) is 24.3 Å². The highest BCUT2D eigenvalue weighted by Crippen LogP contribution is 2.26. The van der Waals surface area contributed by atoms with Crippen molar-refractivity contribution >= 4 is 28.5 Å². The number of carbonyl (C=O) groups excluding carboxylic acids is 1. The molecule has 5 heteroatoms. The number of phenols is 1. The van der Waals surface area contributed by atoms with E-state index in [4.69, 9.17) is 0 Å². The number of hydrogen-bond donors (Lipinski definition) is 2. The molecule has 1 saturated carbocycles. The molecule has 0 aliphatic heterocycles. The van der Waals surface area contributed by atoms with Crippen LogP contribution in [0.2, 0.25) is 0 Å². The molecule has 0 saturated heterocycles. The van der Waals surface area contributed by atoms with Crippen molar-refractivity contribution in [1.29, 1.82) is 0 Å². The van der Waals surface area contributed by atoms with Crippen LogP contribution in [0.3, 0.4) is 0 Å². The van der Waals surface area contributed by atoms with Crippen LogP contribution in [-0.4, -0.2) is 40.2 Å². The molecule has 4 nitrogen and oxygen atoms in total. The van der Waals surface area contributed by atoms with E-state index in [1.807, 2.05) is 22.6 Å². The monoisotopic (exact) mass is 389 g/mol. The molecule has 2 N–H and O–H groups in total. The van der Waals surface area contributed by atoms with Crippen molar-refractivity contribution in [2.45, 2.75) is 38.1 Å². The number of phenolic OH excluding ortho intramolecular Hbond substituents is 1. The van der Waals surface area contributed by atoms with Crippen LogP contribution in [0.5, 0.6) is 5.75 Å². The van der Waals surface area contributed by atoms with Gasteiger partial charge in [0.1, 0.15) is 5.75 Å². The lowest BCUT2D eigenvalue weighted by Gasteiger charge is -2.34. The number of aromatic hydroxyl groups is 1. The minimum absolute atomic E-state index is 0.0292. The predicted molar refractivity (Wildman–Crippen MR) is 85.8 cm³/mol. The van der Waals surface area contributed by atoms with Crippen LogP contribution in [0.25, 0.3) is 0 Å². The lowest BCUT2D eigenvalue weighted by Crippen LogP contribution is -2.43. The van der Waals surface area contributed by atoms with Gasteiger partial charge in [-0.25, -0.2) is 0 Å². The normalized spacial score (nSPS) is 16.1. The smallest absolute Gasteiger partial charge is 0.254 e. The van der Waals surface area contributed by atoms with Crippen molar-refractivity contribution in [1.82, 2.24) is 4.90 Å². The molecular formula is C15H20INO3. The standard InChI is InChI=1S/C15H20INO3/c16-13-7-6-11(10-14(13)19)15(20)17(8-9-18)12-4-2-1-3-5-12/h6-7,10,12,18-19H,1-5,8-9H2. The number of halogens is 1. The molecule has 2 rings (SSSR count). The Labute approximate surface area is 132 Å². The summed E-state index contributed by atoms with van der Waals surface area (Å²) in [5.41, 5.74) is 0.488. The zero-order valence-corrected chi connectivity index (χ0v) is 13.5. The van der Waals surface area contributed by atoms with Gasteiger partial charge in [-0.05, 0) is 53.6 Å². The Morgan fingerprint density at radius 2 is 2.00 bits per heavy atom. The zero-order valence-electron chi connectivity index (χ0n) is 11.4. The fourth-order valence-corrected chi connectivity index (χ4v) is 3.10. The number of rotatable bonds is 4. The Kier molecular flexibility index (Phi) is 5.65. The molecule has 0 bridgehead atoms. The molecule has 20 heavy (non-hydrogen) atoms. The Morgan fingerprint density at radius 3 is 2.60 bits per heavy atom. The second kappa shape index (κ2) is 7.26. The van der Waals surface area contributed by atoms with Crippen molar-refractivity contribution in [2.75, 3.05) is 13.2 Å². The van der Waals surface area contributed by atoms with Crippen molar-refractivity contribution in [2.24, 2.45) is 0 Å². The van der Waals surface area contributed by atoms with E-state index >= 15 is 0 Å². The minimum Gasteiger partial charge on any atom is -0.507 e. The maximum Gasteiger partial charge on any atom is 0.254 e. The fraction of sp³-hybridized carbons (Fsp3) is 0.533. The van der Waals surface area contributed by atoms with E-state index in [9.17, 15) is 15.0 Å². The van der Waals surface area contributed by atoms with Crippen molar-refractivity contribution in [3.05, 3.63) is 27.3 Å². The van der Waals surface area contributed by atoms with Crippen molar-refractivity contribution in [3.8, 4) is 5.75 Å². The summed E-state index contributed by atoms with van der Waals surface area (Å²) < 4.78 is 0.727. The second-order valence-corrected chi connectivity index (χ2v) is 6.34. The van der Waals surface area contributed by atoms with Crippen molar-refractivity contribution in [3.63, 3.8) is 0 Å². The number of hydrogen-bond acceptors (Lipinski definition) is 3. The lowest BCUT2D eigenvalue weighted by atomic mass is 9.93. The predicted octanol–water partition coefficient (Wildman–Crippen LogP) is 2.76. The van der Waals surface area contributed by atoms with Crippen LogP contribution < -0.4 is 0 Å². The van der Waals surface area contributed by atoms with Gasteiger partial charge in [0.15, 0.2) is 0 Å². The SMILES string of the molecule is O=C(c1ccc(I)c(O)c1)N(CCO)C1CCCCC1. The van der Waals surface area contributed by atoms with Crippen LogP contribution in [-0.2, 0) is 0 Å². The van der Waals surface area contributed by atoms with Crippen molar-refractivity contribution < 1.29 is 15.0 Å². The van der Waals surface area contributed by atoms with E-state index < -0.39 is 0 Å². The molecule has 1 aromatic carbocycles. The van der Waals surface area contributed by atoms with Gasteiger partial charge in [-0.15, -0.1) is 0 Å². The van der Waals surface area contributed by atoms with Crippen LogP contribution in [0.4, 0.5) is 0 Å². The van der Waals surface area contributed by atoms with E-state index in [0.717, 1.165) is 29.3 Å². The number of aliphatic hydroxyl groups is 1. The molecular weight excluding hydrogens is 369 g/mol. The Balaban J connectivity index is 2.18. The van der Waals surface area contributed by atoms with Gasteiger partial charge in [-0.1, -0.05) is 19.3 Å². The Morgan fingerprint density at radius 1 is 1.30 bits per heavy atom. The first-order chi connectivity index (χ1) is 9.63. The molecule has 1 aliphatic rings. The molecule has 0 aromatic heterocycles. The minimum atomic E-state index is -0.0994. The molecule has 1 amide bonds. The van der Waals surface area contributed by atoms with E-state index in [0.29, 0.717) is 12.1 Å². The largest absolute Gasteiger partial charge is 0.507 e. The average molecular weight is 389 g/mol. The highest BCUT2D eigenvalue weighted by Gasteiger charge is 2.26. The summed E-state index contributed by atoms with van der Waals surface area (Å²) in [4.78, 5) is 14.4. The number of carbonyl (C=O) groups is 1. The summed E-state index contributed by atoms with van der Waals surface area (Å²) >= 11 is 2.03. The highest BCUT2D eigenvalue weighted by atomic mass is 127. The molecule has 0 atom stereocenters. The number of aliphatic hydroxyl groups excluding tert-OH is 1.